The Kier molecular flexibility index (Phi) is 7.34. The average Bonchev–Trinajstić information content (AvgIpc) is 2.18. The lowest BCUT2D eigenvalue weighted by molar-refractivity contribution is -0.147. The average molecular weight is 217 g/mol. The summed E-state index contributed by atoms with van der Waals surface area (Å²) in [5.74, 6) is -0.00686. The van der Waals surface area contributed by atoms with Crippen LogP contribution in [-0.4, -0.2) is 36.9 Å². The maximum Gasteiger partial charge on any atom is 0.309 e. The van der Waals surface area contributed by atoms with Gasteiger partial charge in [-0.15, -0.1) is 0 Å². The SMILES string of the molecule is CCOC(=O)C(C)CNC(CO)C(C)C. The van der Waals surface area contributed by atoms with Gasteiger partial charge in [0.25, 0.3) is 0 Å². The number of aliphatic hydroxyl groups excluding tert-OH is 1. The highest BCUT2D eigenvalue weighted by atomic mass is 16.5. The molecule has 15 heavy (non-hydrogen) atoms. The zero-order valence-electron chi connectivity index (χ0n) is 10.1. The second-order valence-corrected chi connectivity index (χ2v) is 4.09. The van der Waals surface area contributed by atoms with E-state index in [1.165, 1.54) is 0 Å². The van der Waals surface area contributed by atoms with E-state index in [-0.39, 0.29) is 24.5 Å². The van der Waals surface area contributed by atoms with Crippen molar-refractivity contribution >= 4 is 5.97 Å². The number of esters is 1. The molecule has 2 unspecified atom stereocenters. The molecule has 4 heteroatoms. The van der Waals surface area contributed by atoms with Crippen LogP contribution < -0.4 is 5.32 Å². The van der Waals surface area contributed by atoms with E-state index in [0.717, 1.165) is 0 Å². The molecule has 0 fully saturated rings. The number of hydrogen-bond donors (Lipinski definition) is 2. The van der Waals surface area contributed by atoms with Crippen molar-refractivity contribution < 1.29 is 14.6 Å². The summed E-state index contributed by atoms with van der Waals surface area (Å²) in [4.78, 5) is 11.3. The number of nitrogens with one attached hydrogen (secondary N) is 1. The van der Waals surface area contributed by atoms with Crippen LogP contribution in [0.25, 0.3) is 0 Å². The van der Waals surface area contributed by atoms with Gasteiger partial charge in [0.05, 0.1) is 19.1 Å². The molecule has 2 atom stereocenters. The summed E-state index contributed by atoms with van der Waals surface area (Å²) in [6.45, 7) is 8.72. The highest BCUT2D eigenvalue weighted by Crippen LogP contribution is 2.03. The van der Waals surface area contributed by atoms with Crippen molar-refractivity contribution in [1.29, 1.82) is 0 Å². The second kappa shape index (κ2) is 7.65. The molecule has 90 valence electrons. The maximum atomic E-state index is 11.3. The Labute approximate surface area is 92.0 Å². The van der Waals surface area contributed by atoms with Gasteiger partial charge >= 0.3 is 5.97 Å². The molecule has 0 rings (SSSR count). The lowest BCUT2D eigenvalue weighted by atomic mass is 10.0. The molecule has 0 amide bonds. The first-order valence-electron chi connectivity index (χ1n) is 5.53. The fraction of sp³-hybridized carbons (Fsp3) is 0.909. The number of aliphatic hydroxyl groups is 1. The molecule has 4 nitrogen and oxygen atoms in total. The third kappa shape index (κ3) is 5.74. The van der Waals surface area contributed by atoms with Crippen LogP contribution in [0.2, 0.25) is 0 Å². The van der Waals surface area contributed by atoms with Gasteiger partial charge in [-0.1, -0.05) is 20.8 Å². The molecule has 2 N–H and O–H groups in total. The first-order chi connectivity index (χ1) is 7.02. The van der Waals surface area contributed by atoms with Gasteiger partial charge in [0, 0.05) is 12.6 Å². The van der Waals surface area contributed by atoms with Gasteiger partial charge in [-0.25, -0.2) is 0 Å². The van der Waals surface area contributed by atoms with Crippen molar-refractivity contribution in [3.63, 3.8) is 0 Å². The van der Waals surface area contributed by atoms with E-state index >= 15 is 0 Å². The van der Waals surface area contributed by atoms with E-state index in [1.807, 2.05) is 20.8 Å². The summed E-state index contributed by atoms with van der Waals surface area (Å²) in [6.07, 6.45) is 0. The summed E-state index contributed by atoms with van der Waals surface area (Å²) in [5, 5.41) is 12.2. The monoisotopic (exact) mass is 217 g/mol. The number of rotatable bonds is 7. The molecule has 0 spiro atoms. The van der Waals surface area contributed by atoms with Crippen molar-refractivity contribution in [2.24, 2.45) is 11.8 Å². The Morgan fingerprint density at radius 3 is 2.40 bits per heavy atom. The normalized spacial score (nSPS) is 15.1. The van der Waals surface area contributed by atoms with Gasteiger partial charge in [-0.05, 0) is 12.8 Å². The predicted molar refractivity (Wildman–Crippen MR) is 59.5 cm³/mol. The third-order valence-corrected chi connectivity index (χ3v) is 2.38. The van der Waals surface area contributed by atoms with Crippen LogP contribution in [0, 0.1) is 11.8 Å². The van der Waals surface area contributed by atoms with Crippen molar-refractivity contribution in [1.82, 2.24) is 5.32 Å². The summed E-state index contributed by atoms with van der Waals surface area (Å²) < 4.78 is 4.89. The summed E-state index contributed by atoms with van der Waals surface area (Å²) in [5.41, 5.74) is 0. The first-order valence-corrected chi connectivity index (χ1v) is 5.53. The molecule has 0 aliphatic rings. The van der Waals surface area contributed by atoms with Crippen molar-refractivity contribution in [3.05, 3.63) is 0 Å². The fourth-order valence-corrected chi connectivity index (χ4v) is 1.21. The standard InChI is InChI=1S/C11H23NO3/c1-5-15-11(14)9(4)6-12-10(7-13)8(2)3/h8-10,12-13H,5-7H2,1-4H3. The topological polar surface area (TPSA) is 58.6 Å². The summed E-state index contributed by atoms with van der Waals surface area (Å²) >= 11 is 0. The third-order valence-electron chi connectivity index (χ3n) is 2.38. The lowest BCUT2D eigenvalue weighted by Gasteiger charge is -2.21. The van der Waals surface area contributed by atoms with Crippen molar-refractivity contribution in [2.75, 3.05) is 19.8 Å². The minimum Gasteiger partial charge on any atom is -0.466 e. The molecule has 0 aromatic carbocycles. The maximum absolute atomic E-state index is 11.3. The number of carbonyl (C=O) groups is 1. The minimum atomic E-state index is -0.189. The zero-order valence-corrected chi connectivity index (χ0v) is 10.1. The van der Waals surface area contributed by atoms with Gasteiger partial charge in [-0.3, -0.25) is 4.79 Å². The first kappa shape index (κ1) is 14.4. The van der Waals surface area contributed by atoms with Crippen LogP contribution in [0.4, 0.5) is 0 Å². The quantitative estimate of drug-likeness (QED) is 0.619. The highest BCUT2D eigenvalue weighted by Gasteiger charge is 2.17. The Bertz CT molecular complexity index is 183. The molecule has 0 aromatic heterocycles. The predicted octanol–water partition coefficient (Wildman–Crippen LogP) is 0.792. The molecule has 0 saturated heterocycles. The van der Waals surface area contributed by atoms with E-state index in [4.69, 9.17) is 9.84 Å². The van der Waals surface area contributed by atoms with E-state index in [1.54, 1.807) is 6.92 Å². The van der Waals surface area contributed by atoms with Crippen molar-refractivity contribution in [2.45, 2.75) is 33.7 Å². The van der Waals surface area contributed by atoms with Crippen LogP contribution in [0.1, 0.15) is 27.7 Å². The molecule has 0 radical (unpaired) electrons. The van der Waals surface area contributed by atoms with Crippen LogP contribution in [0.3, 0.4) is 0 Å². The van der Waals surface area contributed by atoms with Gasteiger partial charge in [0.1, 0.15) is 0 Å². The molecule has 0 aromatic rings. The van der Waals surface area contributed by atoms with Crippen molar-refractivity contribution in [3.8, 4) is 0 Å². The largest absolute Gasteiger partial charge is 0.466 e. The molecule has 0 saturated carbocycles. The molecular weight excluding hydrogens is 194 g/mol. The molecule has 0 bridgehead atoms. The fourth-order valence-electron chi connectivity index (χ4n) is 1.21. The van der Waals surface area contributed by atoms with Crippen LogP contribution >= 0.6 is 0 Å². The van der Waals surface area contributed by atoms with Gasteiger partial charge < -0.3 is 15.2 Å². The van der Waals surface area contributed by atoms with Gasteiger partial charge in [0.15, 0.2) is 0 Å². The highest BCUT2D eigenvalue weighted by molar-refractivity contribution is 5.72. The second-order valence-electron chi connectivity index (χ2n) is 4.09. The Morgan fingerprint density at radius 1 is 1.40 bits per heavy atom. The summed E-state index contributed by atoms with van der Waals surface area (Å²) in [6, 6.07) is 0.0434. The molecule has 0 heterocycles. The Balaban J connectivity index is 3.87. The van der Waals surface area contributed by atoms with E-state index in [9.17, 15) is 4.79 Å². The Hall–Kier alpha value is -0.610. The number of hydrogen-bond acceptors (Lipinski definition) is 4. The van der Waals surface area contributed by atoms with Gasteiger partial charge in [-0.2, -0.15) is 0 Å². The summed E-state index contributed by atoms with van der Waals surface area (Å²) in [7, 11) is 0. The molecule has 0 aliphatic heterocycles. The lowest BCUT2D eigenvalue weighted by Crippen LogP contribution is -2.41. The zero-order chi connectivity index (χ0) is 11.8. The molecule has 0 aliphatic carbocycles. The van der Waals surface area contributed by atoms with Crippen LogP contribution in [0.5, 0.6) is 0 Å². The Morgan fingerprint density at radius 2 is 2.00 bits per heavy atom. The van der Waals surface area contributed by atoms with E-state index < -0.39 is 0 Å². The minimum absolute atomic E-state index is 0.0434. The van der Waals surface area contributed by atoms with Gasteiger partial charge in [0.2, 0.25) is 0 Å². The van der Waals surface area contributed by atoms with Crippen LogP contribution in [-0.2, 0) is 9.53 Å². The van der Waals surface area contributed by atoms with E-state index in [2.05, 4.69) is 5.32 Å². The number of carbonyl (C=O) groups excluding carboxylic acids is 1. The smallest absolute Gasteiger partial charge is 0.309 e. The molecular formula is C11H23NO3. The number of ether oxygens (including phenoxy) is 1. The van der Waals surface area contributed by atoms with E-state index in [0.29, 0.717) is 19.1 Å². The van der Waals surface area contributed by atoms with Crippen LogP contribution in [0.15, 0.2) is 0 Å².